The monoisotopic (exact) mass is 258 g/mol. The molecule has 2 rings (SSSR count). The molecule has 19 heavy (non-hydrogen) atoms. The molecular weight excluding hydrogens is 236 g/mol. The van der Waals surface area contributed by atoms with Crippen LogP contribution < -0.4 is 4.74 Å². The molecule has 0 N–H and O–H groups in total. The average Bonchev–Trinajstić information content (AvgIpc) is 2.43. The Labute approximate surface area is 115 Å². The number of hydrogen-bond donors (Lipinski definition) is 0. The van der Waals surface area contributed by atoms with Crippen molar-refractivity contribution in [1.29, 1.82) is 0 Å². The van der Waals surface area contributed by atoms with Crippen LogP contribution in [0.25, 0.3) is 0 Å². The van der Waals surface area contributed by atoms with E-state index in [9.17, 15) is 4.79 Å². The molecule has 0 aliphatic heterocycles. The molecule has 0 bridgehead atoms. The SMILES string of the molecule is C=CCC1(Cc2ccccc2OC)CCCCC1=O. The molecule has 1 unspecified atom stereocenters. The van der Waals surface area contributed by atoms with Crippen LogP contribution in [0.3, 0.4) is 0 Å². The quantitative estimate of drug-likeness (QED) is 0.748. The lowest BCUT2D eigenvalue weighted by Crippen LogP contribution is -2.36. The summed E-state index contributed by atoms with van der Waals surface area (Å²) >= 11 is 0. The highest BCUT2D eigenvalue weighted by Crippen LogP contribution is 2.41. The van der Waals surface area contributed by atoms with Gasteiger partial charge in [-0.25, -0.2) is 0 Å². The van der Waals surface area contributed by atoms with Gasteiger partial charge in [-0.05, 0) is 37.3 Å². The number of hydrogen-bond acceptors (Lipinski definition) is 2. The molecule has 0 saturated heterocycles. The maximum absolute atomic E-state index is 12.4. The summed E-state index contributed by atoms with van der Waals surface area (Å²) in [6.45, 7) is 3.83. The zero-order valence-electron chi connectivity index (χ0n) is 11.7. The van der Waals surface area contributed by atoms with E-state index < -0.39 is 0 Å². The molecule has 0 radical (unpaired) electrons. The first-order valence-corrected chi connectivity index (χ1v) is 6.98. The van der Waals surface area contributed by atoms with Crippen molar-refractivity contribution in [3.05, 3.63) is 42.5 Å². The molecule has 0 aromatic heterocycles. The van der Waals surface area contributed by atoms with Crippen molar-refractivity contribution < 1.29 is 9.53 Å². The van der Waals surface area contributed by atoms with Crippen molar-refractivity contribution in [3.63, 3.8) is 0 Å². The molecule has 1 aromatic rings. The highest BCUT2D eigenvalue weighted by molar-refractivity contribution is 5.86. The van der Waals surface area contributed by atoms with Crippen LogP contribution in [-0.2, 0) is 11.2 Å². The van der Waals surface area contributed by atoms with E-state index in [1.807, 2.05) is 24.3 Å². The summed E-state index contributed by atoms with van der Waals surface area (Å²) in [5.74, 6) is 1.27. The molecule has 2 heteroatoms. The second-order valence-corrected chi connectivity index (χ2v) is 5.39. The number of Topliss-reactive ketones (excluding diaryl/α,β-unsaturated/α-hetero) is 1. The van der Waals surface area contributed by atoms with Gasteiger partial charge in [0.05, 0.1) is 7.11 Å². The molecule has 0 spiro atoms. The van der Waals surface area contributed by atoms with Crippen LogP contribution >= 0.6 is 0 Å². The van der Waals surface area contributed by atoms with Crippen molar-refractivity contribution in [3.8, 4) is 5.75 Å². The Morgan fingerprint density at radius 3 is 2.84 bits per heavy atom. The number of benzene rings is 1. The summed E-state index contributed by atoms with van der Waals surface area (Å²) in [5.41, 5.74) is 0.872. The second-order valence-electron chi connectivity index (χ2n) is 5.39. The predicted molar refractivity (Wildman–Crippen MR) is 77.4 cm³/mol. The van der Waals surface area contributed by atoms with E-state index in [1.165, 1.54) is 0 Å². The maximum atomic E-state index is 12.4. The zero-order valence-corrected chi connectivity index (χ0v) is 11.7. The molecule has 1 fully saturated rings. The summed E-state index contributed by atoms with van der Waals surface area (Å²) < 4.78 is 5.41. The summed E-state index contributed by atoms with van der Waals surface area (Å²) in [7, 11) is 1.68. The topological polar surface area (TPSA) is 26.3 Å². The van der Waals surface area contributed by atoms with Crippen LogP contribution in [0.4, 0.5) is 0 Å². The number of carbonyl (C=O) groups is 1. The van der Waals surface area contributed by atoms with Crippen molar-refractivity contribution in [2.24, 2.45) is 5.41 Å². The Hall–Kier alpha value is -1.57. The average molecular weight is 258 g/mol. The lowest BCUT2D eigenvalue weighted by atomic mass is 9.67. The molecule has 1 atom stereocenters. The van der Waals surface area contributed by atoms with Crippen LogP contribution in [-0.4, -0.2) is 12.9 Å². The van der Waals surface area contributed by atoms with Crippen LogP contribution in [0.2, 0.25) is 0 Å². The fourth-order valence-electron chi connectivity index (χ4n) is 3.12. The third-order valence-corrected chi connectivity index (χ3v) is 4.16. The van der Waals surface area contributed by atoms with E-state index in [0.717, 1.165) is 43.4 Å². The summed E-state index contributed by atoms with van der Waals surface area (Å²) in [6, 6.07) is 7.99. The van der Waals surface area contributed by atoms with E-state index in [1.54, 1.807) is 7.11 Å². The number of ketones is 1. The normalized spacial score (nSPS) is 23.1. The van der Waals surface area contributed by atoms with Gasteiger partial charge in [-0.2, -0.15) is 0 Å². The van der Waals surface area contributed by atoms with Gasteiger partial charge in [0.15, 0.2) is 0 Å². The fraction of sp³-hybridized carbons (Fsp3) is 0.471. The van der Waals surface area contributed by atoms with E-state index in [4.69, 9.17) is 4.74 Å². The smallest absolute Gasteiger partial charge is 0.139 e. The van der Waals surface area contributed by atoms with Gasteiger partial charge >= 0.3 is 0 Å². The van der Waals surface area contributed by atoms with Gasteiger partial charge in [-0.1, -0.05) is 30.7 Å². The Kier molecular flexibility index (Phi) is 4.41. The van der Waals surface area contributed by atoms with Crippen LogP contribution in [0.5, 0.6) is 5.75 Å². The first-order valence-electron chi connectivity index (χ1n) is 6.98. The van der Waals surface area contributed by atoms with E-state index in [-0.39, 0.29) is 5.41 Å². The Morgan fingerprint density at radius 1 is 1.37 bits per heavy atom. The lowest BCUT2D eigenvalue weighted by molar-refractivity contribution is -0.131. The molecule has 0 heterocycles. The first kappa shape index (κ1) is 13.9. The Balaban J connectivity index is 2.30. The molecule has 102 valence electrons. The second kappa shape index (κ2) is 6.05. The summed E-state index contributed by atoms with van der Waals surface area (Å²) in [4.78, 5) is 12.4. The number of methoxy groups -OCH3 is 1. The Bertz CT molecular complexity index is 464. The number of rotatable bonds is 5. The molecule has 0 amide bonds. The van der Waals surface area contributed by atoms with Crippen molar-refractivity contribution in [2.75, 3.05) is 7.11 Å². The van der Waals surface area contributed by atoms with E-state index >= 15 is 0 Å². The number of ether oxygens (including phenoxy) is 1. The van der Waals surface area contributed by atoms with Gasteiger partial charge in [-0.15, -0.1) is 6.58 Å². The minimum absolute atomic E-state index is 0.255. The van der Waals surface area contributed by atoms with Crippen molar-refractivity contribution >= 4 is 5.78 Å². The van der Waals surface area contributed by atoms with Crippen LogP contribution in [0.1, 0.15) is 37.7 Å². The van der Waals surface area contributed by atoms with E-state index in [2.05, 4.69) is 12.6 Å². The van der Waals surface area contributed by atoms with Gasteiger partial charge in [0, 0.05) is 11.8 Å². The molecule has 1 aliphatic carbocycles. The van der Waals surface area contributed by atoms with Crippen LogP contribution in [0.15, 0.2) is 36.9 Å². The van der Waals surface area contributed by atoms with Crippen molar-refractivity contribution in [2.45, 2.75) is 38.5 Å². The third-order valence-electron chi connectivity index (χ3n) is 4.16. The molecule has 1 saturated carbocycles. The largest absolute Gasteiger partial charge is 0.496 e. The fourth-order valence-corrected chi connectivity index (χ4v) is 3.12. The highest BCUT2D eigenvalue weighted by Gasteiger charge is 2.39. The van der Waals surface area contributed by atoms with Gasteiger partial charge in [0.1, 0.15) is 11.5 Å². The minimum Gasteiger partial charge on any atom is -0.496 e. The summed E-state index contributed by atoms with van der Waals surface area (Å²) in [5, 5.41) is 0. The molecule has 1 aliphatic rings. The standard InChI is InChI=1S/C17H22O2/c1-3-11-17(12-7-6-10-16(17)18)13-14-8-4-5-9-15(14)19-2/h3-5,8-9H,1,6-7,10-13H2,2H3. The molecule has 1 aromatic carbocycles. The lowest BCUT2D eigenvalue weighted by Gasteiger charge is -2.35. The minimum atomic E-state index is -0.255. The molecule has 2 nitrogen and oxygen atoms in total. The summed E-state index contributed by atoms with van der Waals surface area (Å²) in [6.07, 6.45) is 7.27. The van der Waals surface area contributed by atoms with E-state index in [0.29, 0.717) is 12.2 Å². The van der Waals surface area contributed by atoms with Gasteiger partial charge in [0.25, 0.3) is 0 Å². The highest BCUT2D eigenvalue weighted by atomic mass is 16.5. The third kappa shape index (κ3) is 2.89. The number of carbonyl (C=O) groups excluding carboxylic acids is 1. The number of para-hydroxylation sites is 1. The first-order chi connectivity index (χ1) is 9.22. The predicted octanol–water partition coefficient (Wildman–Crippen LogP) is 3.94. The van der Waals surface area contributed by atoms with Gasteiger partial charge < -0.3 is 4.74 Å². The van der Waals surface area contributed by atoms with Gasteiger partial charge in [-0.3, -0.25) is 4.79 Å². The van der Waals surface area contributed by atoms with Crippen molar-refractivity contribution in [1.82, 2.24) is 0 Å². The van der Waals surface area contributed by atoms with Crippen LogP contribution in [0, 0.1) is 5.41 Å². The zero-order chi connectivity index (χ0) is 13.7. The van der Waals surface area contributed by atoms with Gasteiger partial charge in [0.2, 0.25) is 0 Å². The maximum Gasteiger partial charge on any atom is 0.139 e. The number of allylic oxidation sites excluding steroid dienone is 1. The molecular formula is C17H22O2. The Morgan fingerprint density at radius 2 is 2.16 bits per heavy atom.